The lowest BCUT2D eigenvalue weighted by Gasteiger charge is -2.30. The van der Waals surface area contributed by atoms with Crippen LogP contribution in [0.4, 0.5) is 5.69 Å². The molecule has 1 fully saturated rings. The Hall–Kier alpha value is -0.150. The van der Waals surface area contributed by atoms with Gasteiger partial charge in [-0.15, -0.1) is 0 Å². The fraction of sp³-hybridized carbons (Fsp3) is 0.538. The maximum Gasteiger partial charge on any atom is 0.301 e. The minimum absolute atomic E-state index is 0.121. The fourth-order valence-corrected chi connectivity index (χ4v) is 5.50. The molecule has 8 heteroatoms. The zero-order chi connectivity index (χ0) is 15.6. The third kappa shape index (κ3) is 4.19. The summed E-state index contributed by atoms with van der Waals surface area (Å²) in [4.78, 5) is 0. The molecule has 0 aromatic heterocycles. The standard InChI is InChI=1S/C13H18Br2N2O3S/c1-9-6-11(14)13(12(15)7-9)16-21(19,20)17-4-2-10(8-18)3-5-17/h6-7,10,16,18H,2-5,8H2,1H3. The van der Waals surface area contributed by atoms with Crippen molar-refractivity contribution in [3.63, 3.8) is 0 Å². The molecule has 2 N–H and O–H groups in total. The number of piperidine rings is 1. The Bertz CT molecular complexity index is 591. The van der Waals surface area contributed by atoms with Crippen LogP contribution in [0.2, 0.25) is 0 Å². The molecule has 0 radical (unpaired) electrons. The third-order valence-electron chi connectivity index (χ3n) is 3.59. The van der Waals surface area contributed by atoms with Gasteiger partial charge in [-0.25, -0.2) is 0 Å². The summed E-state index contributed by atoms with van der Waals surface area (Å²) in [7, 11) is -3.58. The van der Waals surface area contributed by atoms with Crippen LogP contribution >= 0.6 is 31.9 Å². The molecule has 0 amide bonds. The lowest BCUT2D eigenvalue weighted by atomic mass is 10.00. The van der Waals surface area contributed by atoms with Gasteiger partial charge in [0.2, 0.25) is 0 Å². The molecule has 0 unspecified atom stereocenters. The Morgan fingerprint density at radius 1 is 1.29 bits per heavy atom. The third-order valence-corrected chi connectivity index (χ3v) is 6.35. The first-order valence-corrected chi connectivity index (χ1v) is 9.70. The molecule has 1 saturated heterocycles. The van der Waals surface area contributed by atoms with Crippen molar-refractivity contribution in [2.24, 2.45) is 5.92 Å². The van der Waals surface area contributed by atoms with Crippen molar-refractivity contribution in [3.05, 3.63) is 26.6 Å². The average Bonchev–Trinajstić information content (AvgIpc) is 2.43. The summed E-state index contributed by atoms with van der Waals surface area (Å²) >= 11 is 6.77. The van der Waals surface area contributed by atoms with E-state index in [-0.39, 0.29) is 12.5 Å². The predicted molar refractivity (Wildman–Crippen MR) is 90.5 cm³/mol. The number of aryl methyl sites for hydroxylation is 1. The first kappa shape index (κ1) is 17.2. The van der Waals surface area contributed by atoms with Crippen molar-refractivity contribution < 1.29 is 13.5 Å². The number of hydrogen-bond acceptors (Lipinski definition) is 3. The van der Waals surface area contributed by atoms with Crippen LogP contribution in [0.3, 0.4) is 0 Å². The second-order valence-electron chi connectivity index (χ2n) is 5.24. The monoisotopic (exact) mass is 440 g/mol. The van der Waals surface area contributed by atoms with Crippen molar-refractivity contribution in [3.8, 4) is 0 Å². The summed E-state index contributed by atoms with van der Waals surface area (Å²) < 4.78 is 30.3. The molecule has 1 aliphatic rings. The first-order chi connectivity index (χ1) is 9.83. The minimum atomic E-state index is -3.58. The van der Waals surface area contributed by atoms with Crippen LogP contribution in [0.15, 0.2) is 21.1 Å². The average molecular weight is 442 g/mol. The molecule has 0 atom stereocenters. The van der Waals surface area contributed by atoms with Crippen LogP contribution in [-0.4, -0.2) is 37.5 Å². The Morgan fingerprint density at radius 2 is 1.81 bits per heavy atom. The molecule has 1 aromatic carbocycles. The highest BCUT2D eigenvalue weighted by atomic mass is 79.9. The van der Waals surface area contributed by atoms with Crippen molar-refractivity contribution in [1.82, 2.24) is 4.31 Å². The van der Waals surface area contributed by atoms with Gasteiger partial charge in [0.1, 0.15) is 0 Å². The maximum atomic E-state index is 12.5. The molecule has 1 aromatic rings. The van der Waals surface area contributed by atoms with E-state index in [1.54, 1.807) is 0 Å². The van der Waals surface area contributed by atoms with Gasteiger partial charge in [0.15, 0.2) is 0 Å². The van der Waals surface area contributed by atoms with Crippen LogP contribution < -0.4 is 4.72 Å². The molecule has 0 aliphatic carbocycles. The van der Waals surface area contributed by atoms with E-state index in [9.17, 15) is 8.42 Å². The SMILES string of the molecule is Cc1cc(Br)c(NS(=O)(=O)N2CCC(CO)CC2)c(Br)c1. The highest BCUT2D eigenvalue weighted by Crippen LogP contribution is 2.33. The van der Waals surface area contributed by atoms with Gasteiger partial charge in [-0.05, 0) is 75.2 Å². The zero-order valence-electron chi connectivity index (χ0n) is 11.6. The molecule has 1 heterocycles. The van der Waals surface area contributed by atoms with Crippen molar-refractivity contribution in [1.29, 1.82) is 0 Å². The number of nitrogens with zero attached hydrogens (tertiary/aromatic N) is 1. The summed E-state index contributed by atoms with van der Waals surface area (Å²) in [6.07, 6.45) is 1.38. The van der Waals surface area contributed by atoms with E-state index in [0.717, 1.165) is 5.56 Å². The second kappa shape index (κ2) is 6.95. The number of nitrogens with one attached hydrogen (secondary N) is 1. The van der Waals surface area contributed by atoms with Crippen molar-refractivity contribution in [2.45, 2.75) is 19.8 Å². The van der Waals surface area contributed by atoms with Gasteiger partial charge in [-0.3, -0.25) is 4.72 Å². The Kier molecular flexibility index (Phi) is 5.70. The lowest BCUT2D eigenvalue weighted by molar-refractivity contribution is 0.170. The molecular weight excluding hydrogens is 424 g/mol. The highest BCUT2D eigenvalue weighted by molar-refractivity contribution is 9.11. The minimum Gasteiger partial charge on any atom is -0.396 e. The second-order valence-corrected chi connectivity index (χ2v) is 8.61. The number of hydrogen-bond donors (Lipinski definition) is 2. The van der Waals surface area contributed by atoms with E-state index >= 15 is 0 Å². The molecule has 21 heavy (non-hydrogen) atoms. The summed E-state index contributed by atoms with van der Waals surface area (Å²) in [5, 5.41) is 9.12. The molecular formula is C13H18Br2N2O3S. The number of rotatable bonds is 4. The number of anilines is 1. The highest BCUT2D eigenvalue weighted by Gasteiger charge is 2.28. The zero-order valence-corrected chi connectivity index (χ0v) is 15.6. The van der Waals surface area contributed by atoms with Gasteiger partial charge in [0.05, 0.1) is 5.69 Å². The van der Waals surface area contributed by atoms with Crippen LogP contribution in [0.5, 0.6) is 0 Å². The first-order valence-electron chi connectivity index (χ1n) is 6.68. The van der Waals surface area contributed by atoms with E-state index in [4.69, 9.17) is 5.11 Å². The maximum absolute atomic E-state index is 12.5. The number of halogens is 2. The summed E-state index contributed by atoms with van der Waals surface area (Å²) in [5.41, 5.74) is 1.53. The molecule has 0 spiro atoms. The van der Waals surface area contributed by atoms with Crippen LogP contribution in [0, 0.1) is 12.8 Å². The normalized spacial score (nSPS) is 17.9. The van der Waals surface area contributed by atoms with Crippen molar-refractivity contribution in [2.75, 3.05) is 24.4 Å². The molecule has 1 aliphatic heterocycles. The summed E-state index contributed by atoms with van der Waals surface area (Å²) in [6.45, 7) is 2.92. The summed E-state index contributed by atoms with van der Waals surface area (Å²) in [6, 6.07) is 3.72. The molecule has 5 nitrogen and oxygen atoms in total. The Balaban J connectivity index is 2.15. The Morgan fingerprint density at radius 3 is 2.29 bits per heavy atom. The number of benzene rings is 1. The number of aliphatic hydroxyl groups excluding tert-OH is 1. The lowest BCUT2D eigenvalue weighted by Crippen LogP contribution is -2.42. The van der Waals surface area contributed by atoms with Gasteiger partial charge in [0, 0.05) is 28.6 Å². The van der Waals surface area contributed by atoms with Gasteiger partial charge < -0.3 is 5.11 Å². The predicted octanol–water partition coefficient (Wildman–Crippen LogP) is 2.88. The molecule has 2 rings (SSSR count). The Labute approximate surface area is 142 Å². The van der Waals surface area contributed by atoms with Gasteiger partial charge >= 0.3 is 10.2 Å². The van der Waals surface area contributed by atoms with E-state index in [2.05, 4.69) is 36.6 Å². The van der Waals surface area contributed by atoms with E-state index in [1.807, 2.05) is 19.1 Å². The van der Waals surface area contributed by atoms with E-state index < -0.39 is 10.2 Å². The quantitative estimate of drug-likeness (QED) is 0.754. The van der Waals surface area contributed by atoms with Gasteiger partial charge in [-0.2, -0.15) is 12.7 Å². The van der Waals surface area contributed by atoms with Crippen LogP contribution in [0.1, 0.15) is 18.4 Å². The van der Waals surface area contributed by atoms with Crippen molar-refractivity contribution >= 4 is 47.8 Å². The van der Waals surface area contributed by atoms with Gasteiger partial charge in [-0.1, -0.05) is 0 Å². The van der Waals surface area contributed by atoms with Crippen LogP contribution in [0.25, 0.3) is 0 Å². The van der Waals surface area contributed by atoms with Gasteiger partial charge in [0.25, 0.3) is 0 Å². The molecule has 0 bridgehead atoms. The topological polar surface area (TPSA) is 69.6 Å². The number of aliphatic hydroxyl groups is 1. The van der Waals surface area contributed by atoms with E-state index in [1.165, 1.54) is 4.31 Å². The van der Waals surface area contributed by atoms with E-state index in [0.29, 0.717) is 40.6 Å². The largest absolute Gasteiger partial charge is 0.396 e. The molecule has 118 valence electrons. The summed E-state index contributed by atoms with van der Waals surface area (Å²) in [5.74, 6) is 0.203. The molecule has 0 saturated carbocycles. The fourth-order valence-electron chi connectivity index (χ4n) is 2.32. The van der Waals surface area contributed by atoms with Crippen LogP contribution in [-0.2, 0) is 10.2 Å². The smallest absolute Gasteiger partial charge is 0.301 e.